The molecule has 0 N–H and O–H groups in total. The van der Waals surface area contributed by atoms with E-state index >= 15 is 0 Å². The van der Waals surface area contributed by atoms with E-state index in [1.165, 1.54) is 105 Å². The molecule has 0 amide bonds. The summed E-state index contributed by atoms with van der Waals surface area (Å²) in [6, 6.07) is 61.6. The highest BCUT2D eigenvalue weighted by Gasteiger charge is 2.36. The van der Waals surface area contributed by atoms with Gasteiger partial charge in [0.2, 0.25) is 0 Å². The predicted molar refractivity (Wildman–Crippen MR) is 228 cm³/mol. The van der Waals surface area contributed by atoms with Gasteiger partial charge in [0, 0.05) is 5.41 Å². The molecule has 10 rings (SSSR count). The highest BCUT2D eigenvalue weighted by Crippen LogP contribution is 2.51. The molecule has 0 fully saturated rings. The first kappa shape index (κ1) is 31.7. The maximum Gasteiger partial charge on any atom is 0.0159 e. The van der Waals surface area contributed by atoms with Gasteiger partial charge in [-0.1, -0.05) is 186 Å². The fourth-order valence-corrected chi connectivity index (χ4v) is 8.93. The molecule has 0 heterocycles. The van der Waals surface area contributed by atoms with Crippen molar-refractivity contribution in [3.05, 3.63) is 180 Å². The van der Waals surface area contributed by atoms with Crippen LogP contribution >= 0.6 is 0 Å². The summed E-state index contributed by atoms with van der Waals surface area (Å²) in [6.45, 7) is 11.6. The van der Waals surface area contributed by atoms with Crippen molar-refractivity contribution in [1.82, 2.24) is 0 Å². The Morgan fingerprint density at radius 3 is 1.36 bits per heavy atom. The maximum absolute atomic E-state index is 2.42. The molecule has 0 spiro atoms. The van der Waals surface area contributed by atoms with Gasteiger partial charge in [-0.15, -0.1) is 0 Å². The zero-order valence-corrected chi connectivity index (χ0v) is 31.1. The molecule has 0 saturated carbocycles. The van der Waals surface area contributed by atoms with Gasteiger partial charge in [-0.05, 0) is 122 Å². The van der Waals surface area contributed by atoms with E-state index in [9.17, 15) is 0 Å². The molecule has 0 radical (unpaired) electrons. The van der Waals surface area contributed by atoms with Crippen molar-refractivity contribution in [1.29, 1.82) is 0 Å². The fourth-order valence-electron chi connectivity index (χ4n) is 8.93. The zero-order valence-electron chi connectivity index (χ0n) is 31.1. The van der Waals surface area contributed by atoms with Crippen LogP contribution in [0.5, 0.6) is 0 Å². The molecule has 0 aromatic heterocycles. The van der Waals surface area contributed by atoms with Gasteiger partial charge in [-0.3, -0.25) is 0 Å². The lowest BCUT2D eigenvalue weighted by Gasteiger charge is -2.22. The van der Waals surface area contributed by atoms with Crippen LogP contribution < -0.4 is 0 Å². The monoisotopic (exact) mass is 678 g/mol. The van der Waals surface area contributed by atoms with Crippen molar-refractivity contribution in [2.45, 2.75) is 45.4 Å². The van der Waals surface area contributed by atoms with E-state index in [2.05, 4.69) is 198 Å². The van der Waals surface area contributed by atoms with E-state index in [4.69, 9.17) is 0 Å². The van der Waals surface area contributed by atoms with E-state index in [-0.39, 0.29) is 10.8 Å². The van der Waals surface area contributed by atoms with E-state index in [0.29, 0.717) is 0 Å². The Labute approximate surface area is 312 Å². The van der Waals surface area contributed by atoms with E-state index in [0.717, 1.165) is 0 Å². The molecule has 0 bridgehead atoms. The minimum absolute atomic E-state index is 0.0718. The summed E-state index contributed by atoms with van der Waals surface area (Å²) in [4.78, 5) is 0. The molecule has 53 heavy (non-hydrogen) atoms. The molecular formula is C53H42. The Morgan fingerprint density at radius 2 is 0.792 bits per heavy atom. The van der Waals surface area contributed by atoms with Crippen LogP contribution in [0, 0.1) is 0 Å². The summed E-state index contributed by atoms with van der Waals surface area (Å²) < 4.78 is 0. The molecule has 9 aromatic rings. The van der Waals surface area contributed by atoms with Crippen molar-refractivity contribution < 1.29 is 0 Å². The van der Waals surface area contributed by atoms with Gasteiger partial charge in [0.05, 0.1) is 0 Å². The fraction of sp³-hybridized carbons (Fsp3) is 0.132. The molecule has 0 atom stereocenters. The Morgan fingerprint density at radius 1 is 0.358 bits per heavy atom. The Kier molecular flexibility index (Phi) is 6.89. The molecule has 0 saturated heterocycles. The number of hydrogen-bond donors (Lipinski definition) is 0. The Hall–Kier alpha value is -5.98. The van der Waals surface area contributed by atoms with Crippen LogP contribution in [0.2, 0.25) is 0 Å². The van der Waals surface area contributed by atoms with Gasteiger partial charge in [0.25, 0.3) is 0 Å². The summed E-state index contributed by atoms with van der Waals surface area (Å²) >= 11 is 0. The molecule has 0 aliphatic heterocycles. The van der Waals surface area contributed by atoms with E-state index in [1.54, 1.807) is 0 Å². The lowest BCUT2D eigenvalue weighted by Crippen LogP contribution is -2.15. The van der Waals surface area contributed by atoms with Crippen LogP contribution in [0.3, 0.4) is 0 Å². The molecule has 0 heteroatoms. The van der Waals surface area contributed by atoms with Gasteiger partial charge in [0.1, 0.15) is 0 Å². The maximum atomic E-state index is 2.42. The highest BCUT2D eigenvalue weighted by molar-refractivity contribution is 6.25. The number of rotatable bonds is 4. The number of fused-ring (bicyclic) bond motifs is 3. The van der Waals surface area contributed by atoms with Gasteiger partial charge >= 0.3 is 0 Å². The average Bonchev–Trinajstić information content (AvgIpc) is 3.41. The topological polar surface area (TPSA) is 0 Å². The van der Waals surface area contributed by atoms with Crippen molar-refractivity contribution in [3.63, 3.8) is 0 Å². The second kappa shape index (κ2) is 11.5. The van der Waals surface area contributed by atoms with Crippen LogP contribution in [-0.2, 0) is 10.8 Å². The average molecular weight is 679 g/mol. The highest BCUT2D eigenvalue weighted by atomic mass is 14.4. The molecule has 9 aromatic carbocycles. The number of hydrogen-bond acceptors (Lipinski definition) is 0. The smallest absolute Gasteiger partial charge is 0.0159 e. The summed E-state index contributed by atoms with van der Waals surface area (Å²) in [5.74, 6) is 0. The van der Waals surface area contributed by atoms with Crippen molar-refractivity contribution in [3.8, 4) is 55.6 Å². The Balaban J connectivity index is 0.942. The minimum Gasteiger partial charge on any atom is -0.0622 e. The molecule has 1 aliphatic rings. The first-order chi connectivity index (χ1) is 25.6. The predicted octanol–water partition coefficient (Wildman–Crippen LogP) is 14.9. The summed E-state index contributed by atoms with van der Waals surface area (Å²) in [6.07, 6.45) is 0. The van der Waals surface area contributed by atoms with Crippen LogP contribution in [0.1, 0.15) is 51.3 Å². The van der Waals surface area contributed by atoms with E-state index in [1.807, 2.05) is 0 Å². The zero-order chi connectivity index (χ0) is 36.1. The van der Waals surface area contributed by atoms with Crippen molar-refractivity contribution >= 4 is 32.3 Å². The van der Waals surface area contributed by atoms with Crippen LogP contribution in [0.15, 0.2) is 164 Å². The SMILES string of the molecule is CC(C)(C)c1cc2ccc3ccc(-c4ccc(-c5ccc(-c6ccc7c(c6)C(C)(C)c6cc(-c8ccccc8)ccc6-7)cc5)cc4)c4ccc(c1)c2c34. The largest absolute Gasteiger partial charge is 0.0622 e. The quantitative estimate of drug-likeness (QED) is 0.163. The van der Waals surface area contributed by atoms with Crippen LogP contribution in [0.4, 0.5) is 0 Å². The first-order valence-corrected chi connectivity index (χ1v) is 18.9. The van der Waals surface area contributed by atoms with Crippen molar-refractivity contribution in [2.24, 2.45) is 0 Å². The molecule has 254 valence electrons. The third-order valence-corrected chi connectivity index (χ3v) is 12.0. The molecule has 0 nitrogen and oxygen atoms in total. The second-order valence-corrected chi connectivity index (χ2v) is 16.6. The van der Waals surface area contributed by atoms with E-state index < -0.39 is 0 Å². The van der Waals surface area contributed by atoms with Gasteiger partial charge < -0.3 is 0 Å². The van der Waals surface area contributed by atoms with Gasteiger partial charge in [0.15, 0.2) is 0 Å². The van der Waals surface area contributed by atoms with Gasteiger partial charge in [-0.2, -0.15) is 0 Å². The van der Waals surface area contributed by atoms with Crippen LogP contribution in [-0.4, -0.2) is 0 Å². The summed E-state index contributed by atoms with van der Waals surface area (Å²) in [7, 11) is 0. The first-order valence-electron chi connectivity index (χ1n) is 18.9. The molecular weight excluding hydrogens is 637 g/mol. The number of benzene rings is 9. The standard InChI is InChI=1S/C53H42/c1-52(2,3)43-29-41-20-19-38-21-25-44(47-28-24-42(30-43)50(41)51(38)47)37-17-15-35(16-18-37)34-11-13-36(14-12-34)40-23-27-46-45-26-22-39(33-9-7-6-8-10-33)31-48(45)53(4,5)49(46)32-40/h6-32H,1-5H3. The third-order valence-electron chi connectivity index (χ3n) is 12.0. The Bertz CT molecular complexity index is 2820. The molecule has 0 unspecified atom stereocenters. The second-order valence-electron chi connectivity index (χ2n) is 16.6. The lowest BCUT2D eigenvalue weighted by molar-refractivity contribution is 0.591. The summed E-state index contributed by atoms with van der Waals surface area (Å²) in [5.41, 5.74) is 17.0. The lowest BCUT2D eigenvalue weighted by atomic mass is 9.81. The third kappa shape index (κ3) is 5.04. The normalized spacial score (nSPS) is 13.5. The minimum atomic E-state index is -0.0718. The van der Waals surface area contributed by atoms with Crippen molar-refractivity contribution in [2.75, 3.05) is 0 Å². The molecule has 1 aliphatic carbocycles. The van der Waals surface area contributed by atoms with Gasteiger partial charge in [-0.25, -0.2) is 0 Å². The van der Waals surface area contributed by atoms with Crippen LogP contribution in [0.25, 0.3) is 88.0 Å². The summed E-state index contributed by atoms with van der Waals surface area (Å²) in [5, 5.41) is 8.02.